The standard InChI is InChI=1S/C20H21N5O2/c1-6-10-23-18(26)16-17(22(5)20(23)27)21-19-24(16)11-13(3)25(19)15-9-7-8-12(2)14(15)4/h6-9,11H,1,10H2,2-5H3. The first-order chi connectivity index (χ1) is 12.9. The number of aromatic nitrogens is 5. The average molecular weight is 363 g/mol. The minimum Gasteiger partial charge on any atom is -0.283 e. The Kier molecular flexibility index (Phi) is 3.69. The van der Waals surface area contributed by atoms with Crippen molar-refractivity contribution >= 4 is 16.9 Å². The van der Waals surface area contributed by atoms with E-state index in [-0.39, 0.29) is 12.1 Å². The van der Waals surface area contributed by atoms with E-state index in [0.717, 1.165) is 16.9 Å². The highest BCUT2D eigenvalue weighted by Crippen LogP contribution is 2.24. The van der Waals surface area contributed by atoms with Crippen molar-refractivity contribution in [2.24, 2.45) is 7.05 Å². The van der Waals surface area contributed by atoms with Gasteiger partial charge in [0.05, 0.1) is 5.69 Å². The lowest BCUT2D eigenvalue weighted by molar-refractivity contribution is 0.667. The minimum atomic E-state index is -0.400. The van der Waals surface area contributed by atoms with E-state index in [9.17, 15) is 9.59 Å². The molecule has 0 fully saturated rings. The first-order valence-electron chi connectivity index (χ1n) is 8.74. The van der Waals surface area contributed by atoms with Crippen LogP contribution in [-0.4, -0.2) is 23.1 Å². The summed E-state index contributed by atoms with van der Waals surface area (Å²) < 4.78 is 6.38. The van der Waals surface area contributed by atoms with Gasteiger partial charge >= 0.3 is 5.69 Å². The van der Waals surface area contributed by atoms with Crippen LogP contribution < -0.4 is 11.2 Å². The Hall–Kier alpha value is -3.35. The molecule has 7 nitrogen and oxygen atoms in total. The molecule has 0 amide bonds. The molecule has 0 aliphatic carbocycles. The van der Waals surface area contributed by atoms with E-state index >= 15 is 0 Å². The molecule has 0 N–H and O–H groups in total. The molecule has 27 heavy (non-hydrogen) atoms. The molecule has 0 aliphatic rings. The zero-order valence-electron chi connectivity index (χ0n) is 15.9. The highest BCUT2D eigenvalue weighted by molar-refractivity contribution is 5.76. The molecule has 138 valence electrons. The van der Waals surface area contributed by atoms with Crippen molar-refractivity contribution in [3.05, 3.63) is 74.7 Å². The maximum Gasteiger partial charge on any atom is 0.332 e. The Morgan fingerprint density at radius 3 is 2.63 bits per heavy atom. The Labute approximate surface area is 155 Å². The summed E-state index contributed by atoms with van der Waals surface area (Å²) in [5, 5.41) is 0. The first-order valence-corrected chi connectivity index (χ1v) is 8.74. The van der Waals surface area contributed by atoms with Gasteiger partial charge in [-0.05, 0) is 38.0 Å². The molecule has 0 bridgehead atoms. The van der Waals surface area contributed by atoms with Gasteiger partial charge in [-0.15, -0.1) is 6.58 Å². The number of aryl methyl sites for hydroxylation is 3. The van der Waals surface area contributed by atoms with Crippen LogP contribution in [0.15, 0.2) is 46.6 Å². The number of hydrogen-bond acceptors (Lipinski definition) is 3. The Morgan fingerprint density at radius 1 is 1.19 bits per heavy atom. The topological polar surface area (TPSA) is 66.2 Å². The molecule has 3 aromatic heterocycles. The van der Waals surface area contributed by atoms with Crippen molar-refractivity contribution in [3.63, 3.8) is 0 Å². The predicted molar refractivity (Wildman–Crippen MR) is 106 cm³/mol. The van der Waals surface area contributed by atoms with Gasteiger partial charge < -0.3 is 0 Å². The third-order valence-electron chi connectivity index (χ3n) is 5.15. The number of allylic oxidation sites excluding steroid dienone is 1. The lowest BCUT2D eigenvalue weighted by Crippen LogP contribution is -2.39. The van der Waals surface area contributed by atoms with Gasteiger partial charge in [-0.2, -0.15) is 4.98 Å². The van der Waals surface area contributed by atoms with E-state index in [2.05, 4.69) is 31.5 Å². The average Bonchev–Trinajstić information content (AvgIpc) is 3.14. The molecule has 7 heteroatoms. The number of imidazole rings is 2. The summed E-state index contributed by atoms with van der Waals surface area (Å²) in [6, 6.07) is 6.10. The monoisotopic (exact) mass is 363 g/mol. The number of nitrogens with zero attached hydrogens (tertiary/aromatic N) is 5. The Morgan fingerprint density at radius 2 is 1.93 bits per heavy atom. The number of fused-ring (bicyclic) bond motifs is 3. The van der Waals surface area contributed by atoms with Gasteiger partial charge in [0, 0.05) is 25.5 Å². The van der Waals surface area contributed by atoms with Crippen LogP contribution in [0.25, 0.3) is 22.6 Å². The quantitative estimate of drug-likeness (QED) is 0.525. The molecule has 3 heterocycles. The second-order valence-electron chi connectivity index (χ2n) is 6.82. The summed E-state index contributed by atoms with van der Waals surface area (Å²) in [5.41, 5.74) is 4.28. The fraction of sp³-hybridized carbons (Fsp3) is 0.250. The van der Waals surface area contributed by atoms with Crippen LogP contribution in [0.3, 0.4) is 0 Å². The normalized spacial score (nSPS) is 11.6. The smallest absolute Gasteiger partial charge is 0.283 e. The van der Waals surface area contributed by atoms with Gasteiger partial charge in [0.25, 0.3) is 5.56 Å². The van der Waals surface area contributed by atoms with Gasteiger partial charge in [0.15, 0.2) is 11.2 Å². The molecule has 4 aromatic rings. The maximum absolute atomic E-state index is 13.0. The van der Waals surface area contributed by atoms with Crippen molar-refractivity contribution in [2.75, 3.05) is 0 Å². The van der Waals surface area contributed by atoms with Crippen LogP contribution in [0.2, 0.25) is 0 Å². The van der Waals surface area contributed by atoms with Crippen molar-refractivity contribution in [3.8, 4) is 5.69 Å². The fourth-order valence-electron chi connectivity index (χ4n) is 3.58. The molecule has 0 unspecified atom stereocenters. The molecule has 0 spiro atoms. The third kappa shape index (κ3) is 2.24. The fourth-order valence-corrected chi connectivity index (χ4v) is 3.58. The SMILES string of the molecule is C=CCn1c(=O)c2c(nc3n(-c4cccc(C)c4C)c(C)cn23)n(C)c1=O. The summed E-state index contributed by atoms with van der Waals surface area (Å²) in [5.74, 6) is 0.611. The van der Waals surface area contributed by atoms with Gasteiger partial charge in [-0.25, -0.2) is 4.79 Å². The van der Waals surface area contributed by atoms with Gasteiger partial charge in [0.2, 0.25) is 5.78 Å². The third-order valence-corrected chi connectivity index (χ3v) is 5.15. The van der Waals surface area contributed by atoms with Gasteiger partial charge in [-0.1, -0.05) is 18.2 Å². The second-order valence-corrected chi connectivity index (χ2v) is 6.82. The lowest BCUT2D eigenvalue weighted by Gasteiger charge is -2.11. The Balaban J connectivity index is 2.18. The molecule has 0 atom stereocenters. The highest BCUT2D eigenvalue weighted by atomic mass is 16.2. The molecule has 0 saturated carbocycles. The van der Waals surface area contributed by atoms with Gasteiger partial charge in [0.1, 0.15) is 0 Å². The zero-order valence-corrected chi connectivity index (χ0v) is 15.9. The van der Waals surface area contributed by atoms with E-state index in [0.29, 0.717) is 16.9 Å². The molecular weight excluding hydrogens is 342 g/mol. The van der Waals surface area contributed by atoms with E-state index in [1.165, 1.54) is 14.7 Å². The molecule has 0 radical (unpaired) electrons. The molecule has 4 rings (SSSR count). The number of benzene rings is 1. The molecule has 0 aliphatic heterocycles. The number of rotatable bonds is 3. The van der Waals surface area contributed by atoms with Crippen LogP contribution in [-0.2, 0) is 13.6 Å². The number of hydrogen-bond donors (Lipinski definition) is 0. The molecule has 1 aromatic carbocycles. The van der Waals surface area contributed by atoms with E-state index in [4.69, 9.17) is 0 Å². The van der Waals surface area contributed by atoms with Crippen molar-refractivity contribution in [1.82, 2.24) is 23.1 Å². The van der Waals surface area contributed by atoms with E-state index < -0.39 is 5.69 Å². The Bertz CT molecular complexity index is 1350. The van der Waals surface area contributed by atoms with Gasteiger partial charge in [-0.3, -0.25) is 22.9 Å². The second kappa shape index (κ2) is 5.84. The summed E-state index contributed by atoms with van der Waals surface area (Å²) in [7, 11) is 1.63. The van der Waals surface area contributed by atoms with Crippen molar-refractivity contribution in [2.45, 2.75) is 27.3 Å². The first kappa shape index (κ1) is 17.1. The minimum absolute atomic E-state index is 0.158. The van der Waals surface area contributed by atoms with Crippen LogP contribution in [0, 0.1) is 20.8 Å². The molecular formula is C20H21N5O2. The van der Waals surface area contributed by atoms with Crippen LogP contribution in [0.4, 0.5) is 0 Å². The van der Waals surface area contributed by atoms with E-state index in [1.54, 1.807) is 17.5 Å². The largest absolute Gasteiger partial charge is 0.332 e. The summed E-state index contributed by atoms with van der Waals surface area (Å²) >= 11 is 0. The lowest BCUT2D eigenvalue weighted by atomic mass is 10.1. The summed E-state index contributed by atoms with van der Waals surface area (Å²) in [6.45, 7) is 9.91. The highest BCUT2D eigenvalue weighted by Gasteiger charge is 2.21. The van der Waals surface area contributed by atoms with Crippen LogP contribution >= 0.6 is 0 Å². The maximum atomic E-state index is 13.0. The predicted octanol–water partition coefficient (Wildman–Crippen LogP) is 2.25. The van der Waals surface area contributed by atoms with E-state index in [1.807, 2.05) is 29.8 Å². The van der Waals surface area contributed by atoms with Crippen LogP contribution in [0.1, 0.15) is 16.8 Å². The van der Waals surface area contributed by atoms with Crippen LogP contribution in [0.5, 0.6) is 0 Å². The zero-order chi connectivity index (χ0) is 19.5. The van der Waals surface area contributed by atoms with Crippen molar-refractivity contribution in [1.29, 1.82) is 0 Å². The van der Waals surface area contributed by atoms with Crippen molar-refractivity contribution < 1.29 is 0 Å². The molecule has 0 saturated heterocycles. The summed E-state index contributed by atoms with van der Waals surface area (Å²) in [4.78, 5) is 30.2. The summed E-state index contributed by atoms with van der Waals surface area (Å²) in [6.07, 6.45) is 3.43.